The van der Waals surface area contributed by atoms with Gasteiger partial charge >= 0.3 is 18.1 Å². The summed E-state index contributed by atoms with van der Waals surface area (Å²) in [4.78, 5) is 38.1. The van der Waals surface area contributed by atoms with Crippen LogP contribution in [0, 0.1) is 20.8 Å². The fourth-order valence-electron chi connectivity index (χ4n) is 4.34. The molecule has 0 spiro atoms. The zero-order chi connectivity index (χ0) is 29.6. The Labute approximate surface area is 229 Å². The van der Waals surface area contributed by atoms with Gasteiger partial charge in [0.25, 0.3) is 5.91 Å². The van der Waals surface area contributed by atoms with Gasteiger partial charge in [0.15, 0.2) is 0 Å². The topological polar surface area (TPSA) is 110 Å². The minimum atomic E-state index is -5.08. The Kier molecular flexibility index (Phi) is 9.41. The molecule has 0 saturated carbocycles. The number of piperazine rings is 1. The summed E-state index contributed by atoms with van der Waals surface area (Å²) in [5.41, 5.74) is 6.49. The zero-order valence-electron chi connectivity index (χ0n) is 22.2. The van der Waals surface area contributed by atoms with E-state index in [4.69, 9.17) is 9.90 Å². The molecule has 1 saturated heterocycles. The van der Waals surface area contributed by atoms with Crippen LogP contribution < -0.4 is 15.1 Å². The van der Waals surface area contributed by atoms with Crippen molar-refractivity contribution < 1.29 is 37.8 Å². The van der Waals surface area contributed by atoms with Crippen molar-refractivity contribution in [3.8, 4) is 0 Å². The van der Waals surface area contributed by atoms with Crippen LogP contribution >= 0.6 is 0 Å². The van der Waals surface area contributed by atoms with E-state index in [0.717, 1.165) is 31.7 Å². The lowest BCUT2D eigenvalue weighted by atomic mass is 10.1. The number of alkyl halides is 3. The molecule has 3 N–H and O–H groups in total. The van der Waals surface area contributed by atoms with Crippen molar-refractivity contribution in [1.29, 1.82) is 0 Å². The van der Waals surface area contributed by atoms with Crippen LogP contribution in [0.3, 0.4) is 0 Å². The molecule has 8 nitrogen and oxygen atoms in total. The van der Waals surface area contributed by atoms with E-state index in [-0.39, 0.29) is 11.5 Å². The van der Waals surface area contributed by atoms with E-state index in [2.05, 4.69) is 47.2 Å². The summed E-state index contributed by atoms with van der Waals surface area (Å²) in [6, 6.07) is 18.9. The highest BCUT2D eigenvalue weighted by Crippen LogP contribution is 2.28. The molecule has 0 atom stereocenters. The first-order valence-corrected chi connectivity index (χ1v) is 12.4. The Morgan fingerprint density at radius 1 is 0.750 bits per heavy atom. The van der Waals surface area contributed by atoms with Crippen molar-refractivity contribution in [2.45, 2.75) is 26.9 Å². The molecule has 11 heteroatoms. The van der Waals surface area contributed by atoms with Crippen LogP contribution in [0.1, 0.15) is 37.4 Å². The maximum Gasteiger partial charge on any atom is 0.490 e. The quantitative estimate of drug-likeness (QED) is 0.379. The van der Waals surface area contributed by atoms with E-state index in [0.29, 0.717) is 16.9 Å². The van der Waals surface area contributed by atoms with Crippen LogP contribution in [0.15, 0.2) is 60.7 Å². The number of hydrogen-bond donors (Lipinski definition) is 3. The third-order valence-electron chi connectivity index (χ3n) is 6.44. The van der Waals surface area contributed by atoms with E-state index in [1.807, 2.05) is 25.1 Å². The molecule has 1 amide bonds. The van der Waals surface area contributed by atoms with Gasteiger partial charge in [0.05, 0.1) is 11.3 Å². The summed E-state index contributed by atoms with van der Waals surface area (Å²) in [5.74, 6) is -4.01. The smallest absolute Gasteiger partial charge is 0.478 e. The fourth-order valence-corrected chi connectivity index (χ4v) is 4.34. The maximum atomic E-state index is 12.7. The number of halogens is 3. The standard InChI is InChI=1S/C27H29N3O3.C2HF3O2/c1-18-8-9-20(3)25(16-18)30-14-12-29(13-15-30)24-11-10-21(17-23(24)27(32)33)28-26(31)22-7-5-4-6-19(22)2;3-2(4,5)1(6)7/h4-11,16-17H,12-15H2,1-3H3,(H,28,31)(H,32,33);(H,6,7). The molecule has 3 aromatic rings. The first kappa shape index (κ1) is 30.0. The second-order valence-corrected chi connectivity index (χ2v) is 9.37. The number of carbonyl (C=O) groups is 3. The van der Waals surface area contributed by atoms with Gasteiger partial charge in [-0.15, -0.1) is 0 Å². The molecule has 0 unspecified atom stereocenters. The van der Waals surface area contributed by atoms with Gasteiger partial charge in [-0.05, 0) is 67.8 Å². The predicted molar refractivity (Wildman–Crippen MR) is 147 cm³/mol. The average Bonchev–Trinajstić information content (AvgIpc) is 2.90. The monoisotopic (exact) mass is 557 g/mol. The first-order chi connectivity index (χ1) is 18.8. The molecule has 0 aliphatic carbocycles. The van der Waals surface area contributed by atoms with E-state index in [1.165, 1.54) is 16.8 Å². The summed E-state index contributed by atoms with van der Waals surface area (Å²) in [7, 11) is 0. The SMILES string of the molecule is Cc1ccc(C)c(N2CCN(c3ccc(NC(=O)c4ccccc4C)cc3C(=O)O)CC2)c1.O=C(O)C(F)(F)F. The number of amides is 1. The molecular formula is C29H30F3N3O5. The number of rotatable bonds is 5. The van der Waals surface area contributed by atoms with Gasteiger partial charge in [-0.2, -0.15) is 13.2 Å². The van der Waals surface area contributed by atoms with Gasteiger partial charge in [-0.3, -0.25) is 4.79 Å². The number of carboxylic acid groups (broad SMARTS) is 2. The third-order valence-corrected chi connectivity index (χ3v) is 6.44. The highest BCUT2D eigenvalue weighted by atomic mass is 19.4. The highest BCUT2D eigenvalue weighted by Gasteiger charge is 2.38. The van der Waals surface area contributed by atoms with Crippen molar-refractivity contribution in [2.24, 2.45) is 0 Å². The van der Waals surface area contributed by atoms with Crippen LogP contribution in [0.25, 0.3) is 0 Å². The maximum absolute atomic E-state index is 12.7. The molecule has 0 aromatic heterocycles. The van der Waals surface area contributed by atoms with Gasteiger partial charge in [-0.25, -0.2) is 9.59 Å². The Balaban J connectivity index is 0.000000559. The first-order valence-electron chi connectivity index (χ1n) is 12.4. The second kappa shape index (κ2) is 12.5. The Morgan fingerprint density at radius 2 is 1.32 bits per heavy atom. The fraction of sp³-hybridized carbons (Fsp3) is 0.276. The van der Waals surface area contributed by atoms with Gasteiger partial charge in [0.1, 0.15) is 0 Å². The van der Waals surface area contributed by atoms with Crippen molar-refractivity contribution >= 4 is 34.9 Å². The van der Waals surface area contributed by atoms with Gasteiger partial charge in [0.2, 0.25) is 0 Å². The van der Waals surface area contributed by atoms with Gasteiger partial charge < -0.3 is 25.3 Å². The van der Waals surface area contributed by atoms with Crippen LogP contribution in [-0.2, 0) is 4.79 Å². The molecule has 1 aliphatic rings. The number of aryl methyl sites for hydroxylation is 3. The van der Waals surface area contributed by atoms with Crippen LogP contribution in [-0.4, -0.2) is 60.4 Å². The molecule has 4 rings (SSSR count). The van der Waals surface area contributed by atoms with E-state index in [1.54, 1.807) is 24.3 Å². The largest absolute Gasteiger partial charge is 0.490 e. The lowest BCUT2D eigenvalue weighted by Crippen LogP contribution is -2.47. The molecular weight excluding hydrogens is 527 g/mol. The number of nitrogens with one attached hydrogen (secondary N) is 1. The summed E-state index contributed by atoms with van der Waals surface area (Å²) in [5, 5.41) is 19.8. The Hall–Kier alpha value is -4.54. The number of anilines is 3. The average molecular weight is 558 g/mol. The van der Waals surface area contributed by atoms with Crippen molar-refractivity contribution in [2.75, 3.05) is 41.3 Å². The van der Waals surface area contributed by atoms with Crippen LogP contribution in [0.4, 0.5) is 30.2 Å². The molecule has 3 aromatic carbocycles. The molecule has 1 heterocycles. The number of nitrogens with zero attached hydrogens (tertiary/aromatic N) is 2. The van der Waals surface area contributed by atoms with Crippen LogP contribution in [0.2, 0.25) is 0 Å². The third kappa shape index (κ3) is 7.52. The number of aliphatic carboxylic acids is 1. The minimum absolute atomic E-state index is 0.192. The van der Waals surface area contributed by atoms with E-state index < -0.39 is 18.1 Å². The molecule has 1 aliphatic heterocycles. The second-order valence-electron chi connectivity index (χ2n) is 9.37. The lowest BCUT2D eigenvalue weighted by Gasteiger charge is -2.38. The normalized spacial score (nSPS) is 13.2. The van der Waals surface area contributed by atoms with Gasteiger partial charge in [0, 0.05) is 43.1 Å². The lowest BCUT2D eigenvalue weighted by molar-refractivity contribution is -0.192. The Morgan fingerprint density at radius 3 is 1.88 bits per heavy atom. The van der Waals surface area contributed by atoms with Crippen molar-refractivity contribution in [1.82, 2.24) is 0 Å². The van der Waals surface area contributed by atoms with Crippen molar-refractivity contribution in [3.05, 3.63) is 88.5 Å². The number of carboxylic acids is 2. The zero-order valence-corrected chi connectivity index (χ0v) is 22.2. The van der Waals surface area contributed by atoms with E-state index >= 15 is 0 Å². The molecule has 40 heavy (non-hydrogen) atoms. The predicted octanol–water partition coefficient (Wildman–Crippen LogP) is 5.52. The minimum Gasteiger partial charge on any atom is -0.478 e. The highest BCUT2D eigenvalue weighted by molar-refractivity contribution is 6.06. The van der Waals surface area contributed by atoms with Crippen LogP contribution in [0.5, 0.6) is 0 Å². The van der Waals surface area contributed by atoms with E-state index in [9.17, 15) is 27.9 Å². The summed E-state index contributed by atoms with van der Waals surface area (Å²) in [6.07, 6.45) is -5.08. The molecule has 212 valence electrons. The number of benzene rings is 3. The molecule has 0 bridgehead atoms. The molecule has 1 fully saturated rings. The summed E-state index contributed by atoms with van der Waals surface area (Å²) in [6.45, 7) is 9.17. The number of aromatic carboxylic acids is 1. The van der Waals surface area contributed by atoms with Crippen molar-refractivity contribution in [3.63, 3.8) is 0 Å². The van der Waals surface area contributed by atoms with Gasteiger partial charge in [-0.1, -0.05) is 30.3 Å². The molecule has 0 radical (unpaired) electrons. The summed E-state index contributed by atoms with van der Waals surface area (Å²) >= 11 is 0. The number of carbonyl (C=O) groups excluding carboxylic acids is 1. The Bertz CT molecular complexity index is 1400. The number of hydrogen-bond acceptors (Lipinski definition) is 5. The summed E-state index contributed by atoms with van der Waals surface area (Å²) < 4.78 is 31.7.